The molecule has 2 amide bonds. The number of hydrogen-bond donors (Lipinski definition) is 2. The van der Waals surface area contributed by atoms with Crippen molar-refractivity contribution < 1.29 is 14.5 Å². The van der Waals surface area contributed by atoms with E-state index in [1.165, 1.54) is 12.1 Å². The van der Waals surface area contributed by atoms with Crippen molar-refractivity contribution >= 4 is 28.9 Å². The van der Waals surface area contributed by atoms with Gasteiger partial charge in [0, 0.05) is 24.7 Å². The lowest BCUT2D eigenvalue weighted by Crippen LogP contribution is -2.36. The maximum atomic E-state index is 12.8. The second-order valence-corrected chi connectivity index (χ2v) is 6.38. The van der Waals surface area contributed by atoms with E-state index < -0.39 is 10.8 Å². The highest BCUT2D eigenvalue weighted by Gasteiger charge is 2.22. The van der Waals surface area contributed by atoms with E-state index in [1.54, 1.807) is 29.2 Å². The summed E-state index contributed by atoms with van der Waals surface area (Å²) in [5, 5.41) is 13.7. The fourth-order valence-corrected chi connectivity index (χ4v) is 3.08. The highest BCUT2D eigenvalue weighted by Crippen LogP contribution is 2.24. The van der Waals surface area contributed by atoms with Crippen molar-refractivity contribution in [3.8, 4) is 0 Å². The van der Waals surface area contributed by atoms with Crippen molar-refractivity contribution in [2.24, 2.45) is 0 Å². The molecule has 0 atom stereocenters. The van der Waals surface area contributed by atoms with E-state index in [4.69, 9.17) is 5.73 Å². The molecule has 0 spiro atoms. The molecule has 140 valence electrons. The predicted molar refractivity (Wildman–Crippen MR) is 102 cm³/mol. The van der Waals surface area contributed by atoms with Crippen LogP contribution in [0.5, 0.6) is 0 Å². The summed E-state index contributed by atoms with van der Waals surface area (Å²) in [5.74, 6) is -0.675. The molecule has 0 radical (unpaired) electrons. The summed E-state index contributed by atoms with van der Waals surface area (Å²) in [7, 11) is 0. The van der Waals surface area contributed by atoms with Crippen LogP contribution in [0.3, 0.4) is 0 Å². The Bertz CT molecular complexity index is 891. The van der Waals surface area contributed by atoms with Gasteiger partial charge in [-0.1, -0.05) is 12.1 Å². The van der Waals surface area contributed by atoms with E-state index in [2.05, 4.69) is 5.32 Å². The van der Waals surface area contributed by atoms with Crippen molar-refractivity contribution in [3.63, 3.8) is 0 Å². The first-order valence-corrected chi connectivity index (χ1v) is 8.71. The van der Waals surface area contributed by atoms with Crippen molar-refractivity contribution in [3.05, 3.63) is 63.7 Å². The zero-order valence-corrected chi connectivity index (χ0v) is 14.7. The number of nitro benzene ring substituents is 1. The first-order valence-electron chi connectivity index (χ1n) is 8.71. The summed E-state index contributed by atoms with van der Waals surface area (Å²) < 4.78 is 0. The molecule has 0 aliphatic carbocycles. The average Bonchev–Trinajstić information content (AvgIpc) is 2.68. The van der Waals surface area contributed by atoms with Gasteiger partial charge in [-0.2, -0.15) is 0 Å². The van der Waals surface area contributed by atoms with E-state index in [1.807, 2.05) is 0 Å². The molecule has 1 aliphatic heterocycles. The topological polar surface area (TPSA) is 119 Å². The van der Waals surface area contributed by atoms with Crippen LogP contribution in [0.4, 0.5) is 17.1 Å². The number of carbonyl (C=O) groups excluding carboxylic acids is 2. The second-order valence-electron chi connectivity index (χ2n) is 6.38. The summed E-state index contributed by atoms with van der Waals surface area (Å²) >= 11 is 0. The van der Waals surface area contributed by atoms with E-state index in [9.17, 15) is 19.7 Å². The largest absolute Gasteiger partial charge is 0.393 e. The molecule has 1 fully saturated rings. The van der Waals surface area contributed by atoms with Gasteiger partial charge in [-0.05, 0) is 43.5 Å². The first kappa shape index (κ1) is 18.4. The SMILES string of the molecule is Nc1ccc(C(=O)Nc2ccccc2C(=O)N2CCCCC2)cc1[N+](=O)[O-]. The number of anilines is 2. The molecule has 8 heteroatoms. The number of hydrogen-bond acceptors (Lipinski definition) is 5. The predicted octanol–water partition coefficient (Wildman–Crippen LogP) is 3.06. The number of para-hydroxylation sites is 1. The van der Waals surface area contributed by atoms with Gasteiger partial charge >= 0.3 is 0 Å². The maximum absolute atomic E-state index is 12.8. The summed E-state index contributed by atoms with van der Waals surface area (Å²) in [6, 6.07) is 10.6. The minimum absolute atomic E-state index is 0.0165. The van der Waals surface area contributed by atoms with Gasteiger partial charge in [-0.25, -0.2) is 0 Å². The number of carbonyl (C=O) groups is 2. The Balaban J connectivity index is 1.84. The van der Waals surface area contributed by atoms with Gasteiger partial charge in [0.25, 0.3) is 17.5 Å². The zero-order valence-electron chi connectivity index (χ0n) is 14.7. The molecule has 27 heavy (non-hydrogen) atoms. The molecule has 2 aromatic rings. The summed E-state index contributed by atoms with van der Waals surface area (Å²) in [6.45, 7) is 1.40. The van der Waals surface area contributed by atoms with Crippen LogP contribution in [0.1, 0.15) is 40.0 Å². The zero-order chi connectivity index (χ0) is 19.4. The third kappa shape index (κ3) is 4.05. The Hall–Kier alpha value is -3.42. The number of nitrogens with one attached hydrogen (secondary N) is 1. The van der Waals surface area contributed by atoms with Gasteiger partial charge in [0.2, 0.25) is 0 Å². The number of likely N-dealkylation sites (tertiary alicyclic amines) is 1. The van der Waals surface area contributed by atoms with Gasteiger partial charge in [-0.3, -0.25) is 19.7 Å². The molecule has 1 heterocycles. The molecule has 0 aromatic heterocycles. The minimum atomic E-state index is -0.639. The molecule has 2 aromatic carbocycles. The third-order valence-corrected chi connectivity index (χ3v) is 4.54. The Morgan fingerprint density at radius 3 is 2.48 bits per heavy atom. The molecular formula is C19H20N4O4. The molecule has 3 rings (SSSR count). The standard InChI is InChI=1S/C19H20N4O4/c20-15-9-8-13(12-17(15)23(26)27)18(24)21-16-7-3-2-6-14(16)19(25)22-10-4-1-5-11-22/h2-3,6-9,12H,1,4-5,10-11,20H2,(H,21,24). The van der Waals surface area contributed by atoms with E-state index >= 15 is 0 Å². The van der Waals surface area contributed by atoms with Crippen LogP contribution in [0, 0.1) is 10.1 Å². The maximum Gasteiger partial charge on any atom is 0.292 e. The molecule has 1 aliphatic rings. The summed E-state index contributed by atoms with van der Waals surface area (Å²) in [4.78, 5) is 37.5. The molecule has 0 bridgehead atoms. The van der Waals surface area contributed by atoms with Crippen LogP contribution < -0.4 is 11.1 Å². The number of piperidine rings is 1. The number of rotatable bonds is 4. The van der Waals surface area contributed by atoms with Crippen LogP contribution in [-0.2, 0) is 0 Å². The summed E-state index contributed by atoms with van der Waals surface area (Å²) in [6.07, 6.45) is 3.04. The van der Waals surface area contributed by atoms with E-state index in [-0.39, 0.29) is 22.8 Å². The Morgan fingerprint density at radius 1 is 1.07 bits per heavy atom. The highest BCUT2D eigenvalue weighted by molar-refractivity contribution is 6.09. The number of nitrogens with zero attached hydrogens (tertiary/aromatic N) is 2. The minimum Gasteiger partial charge on any atom is -0.393 e. The molecule has 0 saturated carbocycles. The molecular weight excluding hydrogens is 348 g/mol. The van der Waals surface area contributed by atoms with Crippen molar-refractivity contribution in [2.75, 3.05) is 24.1 Å². The average molecular weight is 368 g/mol. The second kappa shape index (κ2) is 7.86. The Kier molecular flexibility index (Phi) is 5.35. The molecule has 1 saturated heterocycles. The van der Waals surface area contributed by atoms with E-state index in [0.29, 0.717) is 24.3 Å². The van der Waals surface area contributed by atoms with E-state index in [0.717, 1.165) is 25.3 Å². The Labute approximate surface area is 156 Å². The van der Waals surface area contributed by atoms with Gasteiger partial charge < -0.3 is 16.0 Å². The van der Waals surface area contributed by atoms with Crippen molar-refractivity contribution in [2.45, 2.75) is 19.3 Å². The molecule has 8 nitrogen and oxygen atoms in total. The van der Waals surface area contributed by atoms with Gasteiger partial charge in [0.1, 0.15) is 5.69 Å². The lowest BCUT2D eigenvalue weighted by Gasteiger charge is -2.27. The van der Waals surface area contributed by atoms with Crippen LogP contribution in [0.2, 0.25) is 0 Å². The highest BCUT2D eigenvalue weighted by atomic mass is 16.6. The fourth-order valence-electron chi connectivity index (χ4n) is 3.08. The number of nitrogens with two attached hydrogens (primary N) is 1. The lowest BCUT2D eigenvalue weighted by molar-refractivity contribution is -0.383. The van der Waals surface area contributed by atoms with Gasteiger partial charge in [0.15, 0.2) is 0 Å². The van der Waals surface area contributed by atoms with Crippen molar-refractivity contribution in [1.29, 1.82) is 0 Å². The quantitative estimate of drug-likeness (QED) is 0.488. The number of amides is 2. The van der Waals surface area contributed by atoms with Crippen molar-refractivity contribution in [1.82, 2.24) is 4.90 Å². The number of nitrogen functional groups attached to an aromatic ring is 1. The molecule has 0 unspecified atom stereocenters. The van der Waals surface area contributed by atoms with Gasteiger partial charge in [-0.15, -0.1) is 0 Å². The van der Waals surface area contributed by atoms with Crippen LogP contribution in [-0.4, -0.2) is 34.7 Å². The van der Waals surface area contributed by atoms with Gasteiger partial charge in [0.05, 0.1) is 16.2 Å². The van der Waals surface area contributed by atoms with Crippen LogP contribution in [0.25, 0.3) is 0 Å². The molecule has 3 N–H and O–H groups in total. The smallest absolute Gasteiger partial charge is 0.292 e. The van der Waals surface area contributed by atoms with Crippen LogP contribution in [0.15, 0.2) is 42.5 Å². The lowest BCUT2D eigenvalue weighted by atomic mass is 10.1. The fraction of sp³-hybridized carbons (Fsp3) is 0.263. The number of benzene rings is 2. The monoisotopic (exact) mass is 368 g/mol. The third-order valence-electron chi connectivity index (χ3n) is 4.54. The van der Waals surface area contributed by atoms with Crippen LogP contribution >= 0.6 is 0 Å². The summed E-state index contributed by atoms with van der Waals surface area (Å²) in [5.41, 5.74) is 6.08. The Morgan fingerprint density at radius 2 is 1.78 bits per heavy atom. The first-order chi connectivity index (χ1) is 13.0. The normalized spacial score (nSPS) is 13.9. The number of nitro groups is 1.